The van der Waals surface area contributed by atoms with Crippen molar-refractivity contribution in [2.24, 2.45) is 0 Å². The van der Waals surface area contributed by atoms with Crippen molar-refractivity contribution >= 4 is 6.16 Å². The number of carbonyl (C=O) groups is 1. The zero-order chi connectivity index (χ0) is 22.3. The lowest BCUT2D eigenvalue weighted by Crippen LogP contribution is -2.54. The molecule has 0 N–H and O–H groups in total. The summed E-state index contributed by atoms with van der Waals surface area (Å²) in [4.78, 5) is 63.8. The molecule has 0 amide bonds. The van der Waals surface area contributed by atoms with Crippen LogP contribution >= 0.6 is 0 Å². The van der Waals surface area contributed by atoms with Gasteiger partial charge in [0.15, 0.2) is 29.5 Å². The molecule has 0 saturated carbocycles. The molecule has 0 heterocycles. The zero-order valence-electron chi connectivity index (χ0n) is 13.1. The number of hydrogen-bond donors (Lipinski definition) is 0. The van der Waals surface area contributed by atoms with E-state index in [2.05, 4.69) is 9.47 Å². The van der Waals surface area contributed by atoms with Crippen LogP contribution in [0, 0.1) is 60.7 Å². The van der Waals surface area contributed by atoms with Gasteiger partial charge in [-0.1, -0.05) is 0 Å². The number of carbonyl (C=O) groups excluding carboxylic acids is 1. The highest BCUT2D eigenvalue weighted by Gasteiger charge is 2.71. The first-order valence-corrected chi connectivity index (χ1v) is 6.43. The SMILES string of the molecule is O=C(OCCC([N+](=O)[O-])([N+](=O)[O-])[N+](=O)[O-])OCCC([N+](=O)[O-])([N+](=O)[O-])[N+](=O)[O-]. The van der Waals surface area contributed by atoms with Gasteiger partial charge in [0.1, 0.15) is 13.2 Å². The lowest BCUT2D eigenvalue weighted by Gasteiger charge is -2.10. The highest BCUT2D eigenvalue weighted by Crippen LogP contribution is 2.19. The van der Waals surface area contributed by atoms with E-state index in [1.807, 2.05) is 0 Å². The summed E-state index contributed by atoms with van der Waals surface area (Å²) in [6.07, 6.45) is -4.94. The zero-order valence-corrected chi connectivity index (χ0v) is 13.1. The first-order chi connectivity index (χ1) is 12.8. The number of nitrogens with zero attached hydrogens (tertiary/aromatic N) is 6. The van der Waals surface area contributed by atoms with Gasteiger partial charge in [-0.15, -0.1) is 0 Å². The van der Waals surface area contributed by atoms with Crippen LogP contribution in [0.15, 0.2) is 0 Å². The molecule has 0 spiro atoms. The van der Waals surface area contributed by atoms with E-state index in [4.69, 9.17) is 0 Å². The summed E-state index contributed by atoms with van der Waals surface area (Å²) >= 11 is 0. The molecule has 0 aromatic carbocycles. The molecule has 0 rings (SSSR count). The Balaban J connectivity index is 4.89. The molecular weight excluding hydrogens is 408 g/mol. The van der Waals surface area contributed by atoms with Gasteiger partial charge >= 0.3 is 17.7 Å². The minimum Gasteiger partial charge on any atom is -0.433 e. The van der Waals surface area contributed by atoms with Gasteiger partial charge in [-0.05, 0) is 0 Å². The summed E-state index contributed by atoms with van der Waals surface area (Å²) < 4.78 is 8.12. The van der Waals surface area contributed by atoms with Gasteiger partial charge in [-0.3, -0.25) is 60.7 Å². The maximum absolute atomic E-state index is 11.2. The monoisotopic (exact) mass is 416 g/mol. The minimum atomic E-state index is -3.93. The average molecular weight is 416 g/mol. The molecule has 0 aliphatic heterocycles. The molecule has 0 aromatic heterocycles. The number of ether oxygens (including phenoxy) is 2. The van der Waals surface area contributed by atoms with E-state index < -0.39 is 73.3 Å². The van der Waals surface area contributed by atoms with Gasteiger partial charge in [0, 0.05) is 0 Å². The van der Waals surface area contributed by atoms with Crippen molar-refractivity contribution in [1.29, 1.82) is 0 Å². The fourth-order valence-electron chi connectivity index (χ4n) is 1.53. The summed E-state index contributed by atoms with van der Waals surface area (Å²) in [6, 6.07) is 0. The smallest absolute Gasteiger partial charge is 0.433 e. The lowest BCUT2D eigenvalue weighted by molar-refractivity contribution is -0.970. The van der Waals surface area contributed by atoms with Crippen molar-refractivity contribution in [3.63, 3.8) is 0 Å². The Kier molecular flexibility index (Phi) is 7.49. The highest BCUT2D eigenvalue weighted by molar-refractivity contribution is 5.59. The van der Waals surface area contributed by atoms with E-state index in [1.54, 1.807) is 0 Å². The van der Waals surface area contributed by atoms with Crippen molar-refractivity contribution in [3.05, 3.63) is 60.7 Å². The quantitative estimate of drug-likeness (QED) is 0.157. The summed E-state index contributed by atoms with van der Waals surface area (Å²) in [6.45, 7) is -2.60. The van der Waals surface area contributed by atoms with E-state index in [0.29, 0.717) is 0 Å². The molecule has 0 unspecified atom stereocenters. The topological polar surface area (TPSA) is 294 Å². The van der Waals surface area contributed by atoms with Crippen molar-refractivity contribution in [3.8, 4) is 0 Å². The fourth-order valence-corrected chi connectivity index (χ4v) is 1.53. The second kappa shape index (κ2) is 8.86. The van der Waals surface area contributed by atoms with Crippen molar-refractivity contribution in [2.75, 3.05) is 13.2 Å². The average Bonchev–Trinajstić information content (AvgIpc) is 2.53. The normalized spacial score (nSPS) is 11.1. The van der Waals surface area contributed by atoms with Gasteiger partial charge < -0.3 is 9.47 Å². The second-order valence-electron chi connectivity index (χ2n) is 4.54. The third-order valence-electron chi connectivity index (χ3n) is 3.07. The van der Waals surface area contributed by atoms with E-state index in [9.17, 15) is 65.5 Å². The fraction of sp³-hybridized carbons (Fsp3) is 0.857. The Morgan fingerprint density at radius 1 is 0.571 bits per heavy atom. The standard InChI is InChI=1S/C7H8N6O15/c14-5(27-3-1-6(8(15)16,9(17)18)10(19)20)28-4-2-7(11(21)22,12(23)24)13(25)26/h1-4H2. The number of hydrogen-bond acceptors (Lipinski definition) is 15. The van der Waals surface area contributed by atoms with Crippen molar-refractivity contribution in [2.45, 2.75) is 24.4 Å². The predicted octanol–water partition coefficient (Wildman–Crippen LogP) is -1.11. The van der Waals surface area contributed by atoms with Crippen molar-refractivity contribution in [1.82, 2.24) is 0 Å². The summed E-state index contributed by atoms with van der Waals surface area (Å²) in [5.74, 6) is -7.86. The van der Waals surface area contributed by atoms with E-state index in [-0.39, 0.29) is 0 Å². The van der Waals surface area contributed by atoms with Crippen LogP contribution in [0.5, 0.6) is 0 Å². The van der Waals surface area contributed by atoms with Gasteiger partial charge in [0.2, 0.25) is 12.8 Å². The van der Waals surface area contributed by atoms with E-state index in [0.717, 1.165) is 0 Å². The van der Waals surface area contributed by atoms with Crippen LogP contribution in [0.4, 0.5) is 4.79 Å². The van der Waals surface area contributed by atoms with Crippen LogP contribution in [0.1, 0.15) is 12.8 Å². The minimum absolute atomic E-state index is 1.30. The Bertz CT molecular complexity index is 588. The number of rotatable bonds is 12. The summed E-state index contributed by atoms with van der Waals surface area (Å²) in [5, 5.41) is 63.7. The van der Waals surface area contributed by atoms with Gasteiger partial charge in [0.25, 0.3) is 0 Å². The second-order valence-corrected chi connectivity index (χ2v) is 4.54. The third-order valence-corrected chi connectivity index (χ3v) is 3.07. The molecule has 0 fully saturated rings. The number of nitro groups is 6. The van der Waals surface area contributed by atoms with Gasteiger partial charge in [0.05, 0.1) is 0 Å². The first kappa shape index (κ1) is 23.7. The van der Waals surface area contributed by atoms with Crippen LogP contribution in [-0.2, 0) is 9.47 Å². The molecule has 0 radical (unpaired) electrons. The molecular formula is C7H8N6O15. The Morgan fingerprint density at radius 2 is 0.786 bits per heavy atom. The third kappa shape index (κ3) is 4.44. The summed E-state index contributed by atoms with van der Waals surface area (Å²) in [5.41, 5.74) is 0. The van der Waals surface area contributed by atoms with Gasteiger partial charge in [-0.25, -0.2) is 4.79 Å². The van der Waals surface area contributed by atoms with Crippen LogP contribution in [0.2, 0.25) is 0 Å². The molecule has 156 valence electrons. The maximum atomic E-state index is 11.2. The first-order valence-electron chi connectivity index (χ1n) is 6.43. The Morgan fingerprint density at radius 3 is 0.964 bits per heavy atom. The molecule has 21 nitrogen and oxygen atoms in total. The van der Waals surface area contributed by atoms with E-state index >= 15 is 0 Å². The molecule has 21 heteroatoms. The van der Waals surface area contributed by atoms with Crippen LogP contribution < -0.4 is 0 Å². The molecule has 0 atom stereocenters. The maximum Gasteiger partial charge on any atom is 0.703 e. The molecule has 0 aliphatic rings. The summed E-state index contributed by atoms with van der Waals surface area (Å²) in [7, 11) is 0. The molecule has 0 saturated heterocycles. The van der Waals surface area contributed by atoms with Crippen molar-refractivity contribution < 1.29 is 43.8 Å². The molecule has 0 aromatic rings. The lowest BCUT2D eigenvalue weighted by atomic mass is 10.3. The highest BCUT2D eigenvalue weighted by atomic mass is 16.8. The molecule has 0 bridgehead atoms. The van der Waals surface area contributed by atoms with Crippen LogP contribution in [0.3, 0.4) is 0 Å². The molecule has 0 aliphatic carbocycles. The molecule has 28 heavy (non-hydrogen) atoms. The van der Waals surface area contributed by atoms with E-state index in [1.165, 1.54) is 0 Å². The Hall–Kier alpha value is -4.33. The largest absolute Gasteiger partial charge is 0.703 e. The Labute approximate surface area is 149 Å². The predicted molar refractivity (Wildman–Crippen MR) is 74.0 cm³/mol. The van der Waals surface area contributed by atoms with Gasteiger partial charge in [-0.2, -0.15) is 0 Å². The van der Waals surface area contributed by atoms with Crippen LogP contribution in [-0.4, -0.2) is 60.5 Å². The van der Waals surface area contributed by atoms with Crippen LogP contribution in [0.25, 0.3) is 0 Å².